The Kier molecular flexibility index (Phi) is 4.87. The summed E-state index contributed by atoms with van der Waals surface area (Å²) in [6.07, 6.45) is 1.19. The van der Waals surface area contributed by atoms with Crippen LogP contribution in [0, 0.1) is 11.2 Å². The predicted octanol–water partition coefficient (Wildman–Crippen LogP) is 2.47. The summed E-state index contributed by atoms with van der Waals surface area (Å²) in [7, 11) is 0. The Bertz CT molecular complexity index is 671. The van der Waals surface area contributed by atoms with Crippen LogP contribution in [-0.2, 0) is 16.2 Å². The molecule has 1 saturated heterocycles. The van der Waals surface area contributed by atoms with Gasteiger partial charge in [-0.25, -0.2) is 4.39 Å². The number of fused-ring (bicyclic) bond motifs is 1. The molecule has 5 nitrogen and oxygen atoms in total. The van der Waals surface area contributed by atoms with E-state index in [-0.39, 0.29) is 5.56 Å². The molecule has 1 unspecified atom stereocenters. The van der Waals surface area contributed by atoms with Crippen molar-refractivity contribution in [2.45, 2.75) is 50.3 Å². The average Bonchev–Trinajstić information content (AvgIpc) is 2.79. The van der Waals surface area contributed by atoms with E-state index in [0.717, 1.165) is 0 Å². The first-order chi connectivity index (χ1) is 11.7. The Hall–Kier alpha value is -1.15. The molecule has 1 fully saturated rings. The van der Waals surface area contributed by atoms with Crippen molar-refractivity contribution >= 4 is 17.3 Å². The van der Waals surface area contributed by atoms with Gasteiger partial charge in [0.15, 0.2) is 0 Å². The van der Waals surface area contributed by atoms with Crippen LogP contribution in [0.2, 0.25) is 0 Å². The molecule has 0 bridgehead atoms. The smallest absolute Gasteiger partial charge is 0.311 e. The number of carboxylic acid groups (broad SMARTS) is 1. The molecular formula is C18H25FN2O3S. The van der Waals surface area contributed by atoms with Crippen molar-refractivity contribution in [1.29, 1.82) is 0 Å². The lowest BCUT2D eigenvalue weighted by atomic mass is 9.67. The summed E-state index contributed by atoms with van der Waals surface area (Å²) in [6.45, 7) is 6.92. The molecule has 3 rings (SSSR count). The van der Waals surface area contributed by atoms with Crippen LogP contribution in [0.5, 0.6) is 0 Å². The van der Waals surface area contributed by atoms with Crippen LogP contribution in [-0.4, -0.2) is 33.5 Å². The topological polar surface area (TPSA) is 84.4 Å². The first-order valence-electron chi connectivity index (χ1n) is 8.58. The number of piperidine rings is 1. The standard InChI is InChI=1S/C18H25FN2O3S/c1-17(2,3)25(24)21-15-11-5-4-6-12(19)13(11)14(16(22)23)18(15)7-9-20-10-8-18/h4-6,14-15,20-21H,7-10H2,1-3H3,(H,22,23)/t14-,15-,25?/m1/s1. The summed E-state index contributed by atoms with van der Waals surface area (Å²) in [5.74, 6) is -2.44. The maximum Gasteiger partial charge on any atom is 0.311 e. The predicted molar refractivity (Wildman–Crippen MR) is 95.1 cm³/mol. The van der Waals surface area contributed by atoms with E-state index in [9.17, 15) is 18.8 Å². The summed E-state index contributed by atoms with van der Waals surface area (Å²) in [5, 5.41) is 13.2. The second kappa shape index (κ2) is 6.54. The molecule has 1 aromatic rings. The number of carbonyl (C=O) groups is 1. The monoisotopic (exact) mass is 368 g/mol. The van der Waals surface area contributed by atoms with E-state index < -0.39 is 45.3 Å². The number of hydrogen-bond donors (Lipinski definition) is 3. The highest BCUT2D eigenvalue weighted by atomic mass is 32.2. The summed E-state index contributed by atoms with van der Waals surface area (Å²) >= 11 is -1.38. The molecule has 25 heavy (non-hydrogen) atoms. The zero-order valence-corrected chi connectivity index (χ0v) is 15.6. The Balaban J connectivity index is 2.13. The van der Waals surface area contributed by atoms with Gasteiger partial charge in [0.05, 0.1) is 12.0 Å². The fraction of sp³-hybridized carbons (Fsp3) is 0.611. The van der Waals surface area contributed by atoms with Gasteiger partial charge in [0.25, 0.3) is 0 Å². The Morgan fingerprint density at radius 2 is 2.04 bits per heavy atom. The van der Waals surface area contributed by atoms with Crippen molar-refractivity contribution in [3.8, 4) is 0 Å². The lowest BCUT2D eigenvalue weighted by Crippen LogP contribution is -2.50. The minimum Gasteiger partial charge on any atom is -0.598 e. The van der Waals surface area contributed by atoms with E-state index in [1.165, 1.54) is 6.07 Å². The second-order valence-corrected chi connectivity index (χ2v) is 9.93. The van der Waals surface area contributed by atoms with Crippen molar-refractivity contribution in [1.82, 2.24) is 10.0 Å². The fourth-order valence-corrected chi connectivity index (χ4v) is 5.11. The van der Waals surface area contributed by atoms with Crippen LogP contribution in [0.15, 0.2) is 18.2 Å². The van der Waals surface area contributed by atoms with E-state index >= 15 is 0 Å². The number of aliphatic carboxylic acids is 1. The minimum atomic E-state index is -1.38. The van der Waals surface area contributed by atoms with Crippen molar-refractivity contribution in [3.05, 3.63) is 35.1 Å². The van der Waals surface area contributed by atoms with Gasteiger partial charge in [-0.05, 0) is 58.3 Å². The maximum absolute atomic E-state index is 14.6. The first-order valence-corrected chi connectivity index (χ1v) is 9.73. The van der Waals surface area contributed by atoms with Crippen LogP contribution >= 0.6 is 0 Å². The highest BCUT2D eigenvalue weighted by molar-refractivity contribution is 7.90. The molecule has 3 N–H and O–H groups in total. The Labute approximate surface area is 150 Å². The molecule has 1 aliphatic carbocycles. The molecule has 0 aromatic heterocycles. The zero-order chi connectivity index (χ0) is 18.4. The van der Waals surface area contributed by atoms with Gasteiger partial charge in [0.2, 0.25) is 0 Å². The highest BCUT2D eigenvalue weighted by Crippen LogP contribution is 2.59. The molecule has 1 aromatic carbocycles. The van der Waals surface area contributed by atoms with Crippen LogP contribution in [0.25, 0.3) is 0 Å². The normalized spacial score (nSPS) is 26.4. The van der Waals surface area contributed by atoms with Crippen molar-refractivity contribution < 1.29 is 18.8 Å². The third kappa shape index (κ3) is 3.07. The number of carboxylic acids is 1. The van der Waals surface area contributed by atoms with E-state index in [1.807, 2.05) is 20.8 Å². The van der Waals surface area contributed by atoms with Gasteiger partial charge in [-0.2, -0.15) is 0 Å². The van der Waals surface area contributed by atoms with E-state index in [4.69, 9.17) is 0 Å². The molecular weight excluding hydrogens is 343 g/mol. The lowest BCUT2D eigenvalue weighted by Gasteiger charge is -2.43. The fourth-order valence-electron chi connectivity index (χ4n) is 4.18. The van der Waals surface area contributed by atoms with Gasteiger partial charge in [0, 0.05) is 22.3 Å². The van der Waals surface area contributed by atoms with E-state index in [0.29, 0.717) is 31.5 Å². The highest BCUT2D eigenvalue weighted by Gasteiger charge is 2.59. The van der Waals surface area contributed by atoms with Gasteiger partial charge >= 0.3 is 5.97 Å². The van der Waals surface area contributed by atoms with Crippen LogP contribution in [0.4, 0.5) is 4.39 Å². The largest absolute Gasteiger partial charge is 0.598 e. The number of rotatable bonds is 3. The van der Waals surface area contributed by atoms with Gasteiger partial charge in [-0.1, -0.05) is 12.1 Å². The Morgan fingerprint density at radius 3 is 2.60 bits per heavy atom. The molecule has 0 radical (unpaired) electrons. The zero-order valence-electron chi connectivity index (χ0n) is 14.8. The molecule has 1 aliphatic heterocycles. The quantitative estimate of drug-likeness (QED) is 0.714. The van der Waals surface area contributed by atoms with Crippen LogP contribution in [0.3, 0.4) is 0 Å². The maximum atomic E-state index is 14.6. The molecule has 0 saturated carbocycles. The molecule has 138 valence electrons. The molecule has 0 amide bonds. The molecule has 2 aliphatic rings. The summed E-state index contributed by atoms with van der Waals surface area (Å²) < 4.78 is 30.0. The average molecular weight is 368 g/mol. The van der Waals surface area contributed by atoms with E-state index in [1.54, 1.807) is 12.1 Å². The van der Waals surface area contributed by atoms with Gasteiger partial charge in [-0.15, -0.1) is 4.72 Å². The van der Waals surface area contributed by atoms with Crippen molar-refractivity contribution in [2.75, 3.05) is 13.1 Å². The third-order valence-electron chi connectivity index (χ3n) is 5.40. The van der Waals surface area contributed by atoms with E-state index in [2.05, 4.69) is 10.0 Å². The van der Waals surface area contributed by atoms with Gasteiger partial charge in [-0.3, -0.25) is 4.79 Å². The lowest BCUT2D eigenvalue weighted by molar-refractivity contribution is -0.143. The number of hydrogen-bond acceptors (Lipinski definition) is 4. The van der Waals surface area contributed by atoms with Crippen LogP contribution < -0.4 is 10.0 Å². The molecule has 3 atom stereocenters. The first kappa shape index (κ1) is 18.6. The number of benzene rings is 1. The van der Waals surface area contributed by atoms with Gasteiger partial charge < -0.3 is 15.0 Å². The summed E-state index contributed by atoms with van der Waals surface area (Å²) in [6, 6.07) is 4.23. The summed E-state index contributed by atoms with van der Waals surface area (Å²) in [5.41, 5.74) is 0.204. The number of nitrogens with one attached hydrogen (secondary N) is 2. The SMILES string of the molecule is CC(C)(C)[S+]([O-])N[C@@H]1c2cccc(F)c2[C@H](C(=O)O)C12CCNCC2. The molecule has 1 spiro atoms. The minimum absolute atomic E-state index is 0.250. The van der Waals surface area contributed by atoms with Gasteiger partial charge in [0.1, 0.15) is 10.6 Å². The Morgan fingerprint density at radius 1 is 1.40 bits per heavy atom. The van der Waals surface area contributed by atoms with Crippen molar-refractivity contribution in [3.63, 3.8) is 0 Å². The van der Waals surface area contributed by atoms with Crippen LogP contribution in [0.1, 0.15) is 56.7 Å². The van der Waals surface area contributed by atoms with Crippen molar-refractivity contribution in [2.24, 2.45) is 5.41 Å². The molecule has 7 heteroatoms. The summed E-state index contributed by atoms with van der Waals surface area (Å²) in [4.78, 5) is 12.1. The number of halogens is 1. The molecule has 1 heterocycles. The second-order valence-electron chi connectivity index (χ2n) is 7.93. The third-order valence-corrected chi connectivity index (χ3v) is 6.96.